The number of hydrazone groups is 1. The zero-order valence-corrected chi connectivity index (χ0v) is 8.07. The molecule has 2 atom stereocenters. The minimum Gasteiger partial charge on any atom is -0.383 e. The molecule has 2 rings (SSSR count). The van der Waals surface area contributed by atoms with Crippen molar-refractivity contribution in [2.24, 2.45) is 11.0 Å². The molecule has 74 valence electrons. The van der Waals surface area contributed by atoms with E-state index in [0.29, 0.717) is 12.0 Å². The zero-order valence-electron chi connectivity index (χ0n) is 8.07. The van der Waals surface area contributed by atoms with Crippen LogP contribution in [0.15, 0.2) is 5.10 Å². The molecule has 0 aliphatic carbocycles. The maximum Gasteiger partial charge on any atom is 0.0674 e. The topological polar surface area (TPSA) is 36.9 Å². The second-order valence-corrected chi connectivity index (χ2v) is 3.64. The van der Waals surface area contributed by atoms with Crippen LogP contribution in [-0.2, 0) is 4.74 Å². The summed E-state index contributed by atoms with van der Waals surface area (Å²) < 4.78 is 5.05. The molecule has 1 N–H and O–H groups in total. The number of piperidine rings is 1. The molecule has 1 saturated heterocycles. The van der Waals surface area contributed by atoms with Gasteiger partial charge in [0.25, 0.3) is 0 Å². The van der Waals surface area contributed by atoms with Crippen molar-refractivity contribution in [3.05, 3.63) is 0 Å². The zero-order chi connectivity index (χ0) is 9.10. The van der Waals surface area contributed by atoms with E-state index in [2.05, 4.69) is 21.6 Å². The summed E-state index contributed by atoms with van der Waals surface area (Å²) in [6.45, 7) is 3.87. The third-order valence-corrected chi connectivity index (χ3v) is 2.82. The van der Waals surface area contributed by atoms with Crippen molar-refractivity contribution in [3.8, 4) is 0 Å². The van der Waals surface area contributed by atoms with Crippen LogP contribution in [0.1, 0.15) is 6.42 Å². The number of nitrogens with zero attached hydrogens (tertiary/aromatic N) is 2. The number of hydrogen-bond donors (Lipinski definition) is 1. The summed E-state index contributed by atoms with van der Waals surface area (Å²) in [5.74, 6) is 0.665. The number of nitrogens with one attached hydrogen (secondary N) is 1. The fraction of sp³-hybridized carbons (Fsp3) is 0.889. The highest BCUT2D eigenvalue weighted by Crippen LogP contribution is 2.21. The van der Waals surface area contributed by atoms with Crippen molar-refractivity contribution in [2.45, 2.75) is 12.5 Å². The maximum atomic E-state index is 5.05. The molecule has 1 fully saturated rings. The first-order valence-electron chi connectivity index (χ1n) is 4.92. The summed E-state index contributed by atoms with van der Waals surface area (Å²) >= 11 is 0. The van der Waals surface area contributed by atoms with E-state index >= 15 is 0 Å². The maximum absolute atomic E-state index is 5.05. The molecule has 0 spiro atoms. The van der Waals surface area contributed by atoms with E-state index in [1.165, 1.54) is 6.42 Å². The van der Waals surface area contributed by atoms with E-state index in [1.807, 2.05) is 0 Å². The molecule has 0 aromatic carbocycles. The van der Waals surface area contributed by atoms with Crippen LogP contribution in [0, 0.1) is 5.92 Å². The third-order valence-electron chi connectivity index (χ3n) is 2.82. The molecule has 4 nitrogen and oxygen atoms in total. The highest BCUT2D eigenvalue weighted by Gasteiger charge is 2.32. The van der Waals surface area contributed by atoms with Gasteiger partial charge in [0.15, 0.2) is 0 Å². The van der Waals surface area contributed by atoms with Crippen molar-refractivity contribution < 1.29 is 4.74 Å². The van der Waals surface area contributed by atoms with Gasteiger partial charge in [0, 0.05) is 25.8 Å². The molecule has 0 aromatic rings. The van der Waals surface area contributed by atoms with Gasteiger partial charge in [-0.15, -0.1) is 0 Å². The molecule has 4 heteroatoms. The molecular weight excluding hydrogens is 166 g/mol. The van der Waals surface area contributed by atoms with Crippen LogP contribution >= 0.6 is 0 Å². The molecule has 0 amide bonds. The van der Waals surface area contributed by atoms with Gasteiger partial charge in [-0.1, -0.05) is 0 Å². The molecule has 0 aromatic heterocycles. The molecule has 13 heavy (non-hydrogen) atoms. The SMILES string of the molecule is COCCN1N=CC2CCNCC21. The highest BCUT2D eigenvalue weighted by molar-refractivity contribution is 5.64. The van der Waals surface area contributed by atoms with Gasteiger partial charge in [0.1, 0.15) is 0 Å². The lowest BCUT2D eigenvalue weighted by molar-refractivity contribution is 0.113. The Hall–Kier alpha value is -0.610. The largest absolute Gasteiger partial charge is 0.383 e. The van der Waals surface area contributed by atoms with E-state index in [-0.39, 0.29) is 0 Å². The van der Waals surface area contributed by atoms with Gasteiger partial charge in [-0.3, -0.25) is 5.01 Å². The van der Waals surface area contributed by atoms with Crippen LogP contribution in [0.3, 0.4) is 0 Å². The second-order valence-electron chi connectivity index (χ2n) is 3.64. The van der Waals surface area contributed by atoms with E-state index in [0.717, 1.165) is 26.2 Å². The summed E-state index contributed by atoms with van der Waals surface area (Å²) in [5, 5.41) is 9.96. The lowest BCUT2D eigenvalue weighted by atomic mass is 9.95. The molecule has 2 unspecified atom stereocenters. The van der Waals surface area contributed by atoms with E-state index in [4.69, 9.17) is 4.74 Å². The number of rotatable bonds is 3. The van der Waals surface area contributed by atoms with Crippen molar-refractivity contribution >= 4 is 6.21 Å². The first kappa shape index (κ1) is 8.97. The van der Waals surface area contributed by atoms with Crippen molar-refractivity contribution in [1.82, 2.24) is 10.3 Å². The van der Waals surface area contributed by atoms with Gasteiger partial charge in [0.05, 0.1) is 19.2 Å². The second kappa shape index (κ2) is 4.07. The first-order chi connectivity index (χ1) is 6.42. The average molecular weight is 183 g/mol. The predicted octanol–water partition coefficient (Wildman–Crippen LogP) is -0.0877. The van der Waals surface area contributed by atoms with Crippen LogP contribution in [0.25, 0.3) is 0 Å². The molecule has 2 heterocycles. The Bertz CT molecular complexity index is 195. The van der Waals surface area contributed by atoms with E-state index in [1.54, 1.807) is 7.11 Å². The normalized spacial score (nSPS) is 32.2. The van der Waals surface area contributed by atoms with Gasteiger partial charge in [-0.2, -0.15) is 5.10 Å². The van der Waals surface area contributed by atoms with Crippen LogP contribution in [0.5, 0.6) is 0 Å². The third kappa shape index (κ3) is 1.84. The Morgan fingerprint density at radius 2 is 2.62 bits per heavy atom. The predicted molar refractivity (Wildman–Crippen MR) is 51.8 cm³/mol. The fourth-order valence-corrected chi connectivity index (χ4v) is 2.03. The Balaban J connectivity index is 1.87. The highest BCUT2D eigenvalue weighted by atomic mass is 16.5. The molecule has 2 aliphatic rings. The summed E-state index contributed by atoms with van der Waals surface area (Å²) in [5.41, 5.74) is 0. The standard InChI is InChI=1S/C9H17N3O/c1-13-5-4-12-9-7-10-3-2-8(9)6-11-12/h6,8-10H,2-5,7H2,1H3. The smallest absolute Gasteiger partial charge is 0.0674 e. The number of ether oxygens (including phenoxy) is 1. The molecule has 0 bridgehead atoms. The summed E-state index contributed by atoms with van der Waals surface area (Å²) in [4.78, 5) is 0. The minimum absolute atomic E-state index is 0.573. The van der Waals surface area contributed by atoms with E-state index < -0.39 is 0 Å². The average Bonchev–Trinajstić information content (AvgIpc) is 2.58. The van der Waals surface area contributed by atoms with Crippen molar-refractivity contribution in [1.29, 1.82) is 0 Å². The van der Waals surface area contributed by atoms with Gasteiger partial charge < -0.3 is 10.1 Å². The summed E-state index contributed by atoms with van der Waals surface area (Å²) in [6, 6.07) is 0.573. The lowest BCUT2D eigenvalue weighted by Crippen LogP contribution is -2.46. The van der Waals surface area contributed by atoms with E-state index in [9.17, 15) is 0 Å². The van der Waals surface area contributed by atoms with Gasteiger partial charge in [-0.05, 0) is 13.0 Å². The summed E-state index contributed by atoms with van der Waals surface area (Å²) in [6.07, 6.45) is 3.32. The quantitative estimate of drug-likeness (QED) is 0.664. The first-order valence-corrected chi connectivity index (χ1v) is 4.92. The Kier molecular flexibility index (Phi) is 2.80. The van der Waals surface area contributed by atoms with Gasteiger partial charge in [-0.25, -0.2) is 0 Å². The van der Waals surface area contributed by atoms with Crippen LogP contribution in [-0.4, -0.2) is 50.6 Å². The number of fused-ring (bicyclic) bond motifs is 1. The van der Waals surface area contributed by atoms with Crippen LogP contribution in [0.2, 0.25) is 0 Å². The Morgan fingerprint density at radius 3 is 3.46 bits per heavy atom. The fourth-order valence-electron chi connectivity index (χ4n) is 2.03. The Labute approximate surface area is 78.9 Å². The molecular formula is C9H17N3O. The molecule has 2 aliphatic heterocycles. The molecule has 0 radical (unpaired) electrons. The van der Waals surface area contributed by atoms with Crippen molar-refractivity contribution in [2.75, 3.05) is 33.4 Å². The lowest BCUT2D eigenvalue weighted by Gasteiger charge is -2.31. The Morgan fingerprint density at radius 1 is 1.69 bits per heavy atom. The summed E-state index contributed by atoms with van der Waals surface area (Å²) in [7, 11) is 1.73. The minimum atomic E-state index is 0.573. The van der Waals surface area contributed by atoms with Gasteiger partial charge >= 0.3 is 0 Å². The monoisotopic (exact) mass is 183 g/mol. The van der Waals surface area contributed by atoms with Gasteiger partial charge in [0.2, 0.25) is 0 Å². The number of methoxy groups -OCH3 is 1. The molecule has 0 saturated carbocycles. The van der Waals surface area contributed by atoms with Crippen LogP contribution in [0.4, 0.5) is 0 Å². The number of hydrogen-bond acceptors (Lipinski definition) is 4. The van der Waals surface area contributed by atoms with Crippen molar-refractivity contribution in [3.63, 3.8) is 0 Å². The van der Waals surface area contributed by atoms with Crippen LogP contribution < -0.4 is 5.32 Å².